The Kier molecular flexibility index (Phi) is 1.20. The van der Waals surface area contributed by atoms with Crippen molar-refractivity contribution in [1.29, 1.82) is 0 Å². The van der Waals surface area contributed by atoms with Gasteiger partial charge in [-0.2, -0.15) is 0 Å². The van der Waals surface area contributed by atoms with Crippen LogP contribution in [0.25, 0.3) is 0 Å². The fourth-order valence-corrected chi connectivity index (χ4v) is 5.47. The van der Waals surface area contributed by atoms with E-state index in [-0.39, 0.29) is 5.91 Å². The van der Waals surface area contributed by atoms with Crippen LogP contribution in [0.4, 0.5) is 0 Å². The molecule has 4 saturated carbocycles. The Bertz CT molecular complexity index is 291. The van der Waals surface area contributed by atoms with Crippen molar-refractivity contribution in [3.8, 4) is 0 Å². The fourth-order valence-electron chi connectivity index (χ4n) is 5.47. The Balaban J connectivity index is 1.67. The van der Waals surface area contributed by atoms with Crippen LogP contribution in [0.3, 0.4) is 0 Å². The van der Waals surface area contributed by atoms with Crippen molar-refractivity contribution in [1.82, 2.24) is 0 Å². The van der Waals surface area contributed by atoms with Gasteiger partial charge < -0.3 is 5.73 Å². The summed E-state index contributed by atoms with van der Waals surface area (Å²) in [6, 6.07) is 0. The molecule has 0 radical (unpaired) electrons. The van der Waals surface area contributed by atoms with Crippen molar-refractivity contribution in [3.05, 3.63) is 0 Å². The number of primary amides is 1. The molecule has 2 N–H and O–H groups in total. The second kappa shape index (κ2) is 2.17. The summed E-state index contributed by atoms with van der Waals surface area (Å²) in [5.74, 6) is 5.54. The smallest absolute Gasteiger partial charge is 0.221 e. The highest BCUT2D eigenvalue weighted by Gasteiger charge is 2.72. The molecule has 1 amide bonds. The summed E-state index contributed by atoms with van der Waals surface area (Å²) in [5, 5.41) is 0. The molecule has 6 unspecified atom stereocenters. The number of hydrogen-bond acceptors (Lipinski definition) is 1. The van der Waals surface area contributed by atoms with Crippen LogP contribution < -0.4 is 5.73 Å². The molecular formula is C12H17NO. The van der Waals surface area contributed by atoms with Gasteiger partial charge in [0.2, 0.25) is 5.91 Å². The van der Waals surface area contributed by atoms with Gasteiger partial charge in [0.15, 0.2) is 0 Å². The maximum absolute atomic E-state index is 11.2. The standard InChI is InChI=1S/C12H17NO/c13-12(14)11-9-7-4-8(10(9)11)6-3-1-2-5(6)7/h5-11H,1-4H2,(H2,13,14). The van der Waals surface area contributed by atoms with Gasteiger partial charge in [0.25, 0.3) is 0 Å². The van der Waals surface area contributed by atoms with Gasteiger partial charge in [0.05, 0.1) is 0 Å². The first-order valence-corrected chi connectivity index (χ1v) is 6.08. The van der Waals surface area contributed by atoms with Crippen molar-refractivity contribution < 1.29 is 4.79 Å². The number of hydrogen-bond donors (Lipinski definition) is 1. The van der Waals surface area contributed by atoms with Crippen LogP contribution >= 0.6 is 0 Å². The molecule has 4 rings (SSSR count). The van der Waals surface area contributed by atoms with Crippen LogP contribution in [0, 0.1) is 41.4 Å². The lowest BCUT2D eigenvalue weighted by Crippen LogP contribution is -2.19. The molecular weight excluding hydrogens is 174 g/mol. The van der Waals surface area contributed by atoms with E-state index < -0.39 is 0 Å². The number of carbonyl (C=O) groups is 1. The van der Waals surface area contributed by atoms with Crippen LogP contribution in [0.5, 0.6) is 0 Å². The third kappa shape index (κ3) is 0.665. The summed E-state index contributed by atoms with van der Waals surface area (Å²) in [6.07, 6.45) is 5.78. The molecule has 2 nitrogen and oxygen atoms in total. The molecule has 4 aliphatic carbocycles. The molecule has 4 fully saturated rings. The van der Waals surface area contributed by atoms with Crippen molar-refractivity contribution in [2.24, 2.45) is 47.2 Å². The molecule has 4 aliphatic rings. The van der Waals surface area contributed by atoms with Gasteiger partial charge in [-0.3, -0.25) is 4.79 Å². The predicted octanol–water partition coefficient (Wildman–Crippen LogP) is 1.40. The number of rotatable bonds is 1. The van der Waals surface area contributed by atoms with Gasteiger partial charge in [-0.25, -0.2) is 0 Å². The highest BCUT2D eigenvalue weighted by molar-refractivity contribution is 5.81. The van der Waals surface area contributed by atoms with E-state index in [1.165, 1.54) is 25.7 Å². The van der Waals surface area contributed by atoms with Gasteiger partial charge in [-0.05, 0) is 54.8 Å². The van der Waals surface area contributed by atoms with E-state index in [0.29, 0.717) is 5.92 Å². The molecule has 2 heteroatoms. The second-order valence-electron chi connectivity index (χ2n) is 5.90. The van der Waals surface area contributed by atoms with E-state index in [1.54, 1.807) is 0 Å². The van der Waals surface area contributed by atoms with Crippen LogP contribution in [0.15, 0.2) is 0 Å². The minimum atomic E-state index is -0.00493. The quantitative estimate of drug-likeness (QED) is 0.669. The molecule has 0 spiro atoms. The summed E-state index contributed by atoms with van der Waals surface area (Å²) in [4.78, 5) is 11.2. The summed E-state index contributed by atoms with van der Waals surface area (Å²) < 4.78 is 0. The van der Waals surface area contributed by atoms with Crippen LogP contribution in [0.1, 0.15) is 25.7 Å². The fraction of sp³-hybridized carbons (Fsp3) is 0.917. The van der Waals surface area contributed by atoms with E-state index in [9.17, 15) is 4.79 Å². The third-order valence-corrected chi connectivity index (χ3v) is 5.72. The highest BCUT2D eigenvalue weighted by Crippen LogP contribution is 2.75. The number of fused-ring (bicyclic) bond motifs is 8. The number of nitrogens with two attached hydrogens (primary N) is 1. The molecule has 0 aromatic heterocycles. The molecule has 0 aliphatic heterocycles. The Morgan fingerprint density at radius 1 is 1.00 bits per heavy atom. The summed E-state index contributed by atoms with van der Waals surface area (Å²) in [5.41, 5.74) is 5.45. The first-order chi connectivity index (χ1) is 6.79. The maximum atomic E-state index is 11.2. The normalized spacial score (nSPS) is 62.4. The summed E-state index contributed by atoms with van der Waals surface area (Å²) >= 11 is 0. The topological polar surface area (TPSA) is 43.1 Å². The van der Waals surface area contributed by atoms with Crippen LogP contribution in [-0.4, -0.2) is 5.91 Å². The van der Waals surface area contributed by atoms with E-state index in [0.717, 1.165) is 35.5 Å². The molecule has 6 atom stereocenters. The van der Waals surface area contributed by atoms with Gasteiger partial charge in [-0.1, -0.05) is 6.42 Å². The first-order valence-electron chi connectivity index (χ1n) is 6.08. The zero-order chi connectivity index (χ0) is 9.45. The minimum Gasteiger partial charge on any atom is -0.369 e. The average molecular weight is 191 g/mol. The van der Waals surface area contributed by atoms with Crippen LogP contribution in [-0.2, 0) is 4.79 Å². The molecule has 76 valence electrons. The van der Waals surface area contributed by atoms with Gasteiger partial charge >= 0.3 is 0 Å². The molecule has 2 bridgehead atoms. The average Bonchev–Trinajstić information content (AvgIpc) is 2.52. The Morgan fingerprint density at radius 3 is 2.07 bits per heavy atom. The zero-order valence-electron chi connectivity index (χ0n) is 8.36. The molecule has 0 aromatic carbocycles. The van der Waals surface area contributed by atoms with Gasteiger partial charge in [0, 0.05) is 5.92 Å². The lowest BCUT2D eigenvalue weighted by atomic mass is 9.82. The number of amides is 1. The Morgan fingerprint density at radius 2 is 1.57 bits per heavy atom. The molecule has 0 heterocycles. The van der Waals surface area contributed by atoms with E-state index in [1.807, 2.05) is 0 Å². The summed E-state index contributed by atoms with van der Waals surface area (Å²) in [7, 11) is 0. The monoisotopic (exact) mass is 191 g/mol. The summed E-state index contributed by atoms with van der Waals surface area (Å²) in [6.45, 7) is 0. The molecule has 0 saturated heterocycles. The van der Waals surface area contributed by atoms with Gasteiger partial charge in [0.1, 0.15) is 0 Å². The largest absolute Gasteiger partial charge is 0.369 e. The van der Waals surface area contributed by atoms with E-state index in [4.69, 9.17) is 5.73 Å². The van der Waals surface area contributed by atoms with Crippen molar-refractivity contribution >= 4 is 5.91 Å². The van der Waals surface area contributed by atoms with Gasteiger partial charge in [-0.15, -0.1) is 0 Å². The second-order valence-corrected chi connectivity index (χ2v) is 5.90. The maximum Gasteiger partial charge on any atom is 0.221 e. The molecule has 0 aromatic rings. The van der Waals surface area contributed by atoms with E-state index >= 15 is 0 Å². The first kappa shape index (κ1) is 7.72. The third-order valence-electron chi connectivity index (χ3n) is 5.72. The molecule has 14 heavy (non-hydrogen) atoms. The Labute approximate surface area is 84.2 Å². The van der Waals surface area contributed by atoms with Crippen molar-refractivity contribution in [2.75, 3.05) is 0 Å². The SMILES string of the molecule is NC(=O)C1C2C3CC(C4CCCC43)C12. The number of carbonyl (C=O) groups excluding carboxylic acids is 1. The Hall–Kier alpha value is -0.530. The highest BCUT2D eigenvalue weighted by atomic mass is 16.1. The minimum absolute atomic E-state index is 0.00493. The van der Waals surface area contributed by atoms with Crippen molar-refractivity contribution in [2.45, 2.75) is 25.7 Å². The lowest BCUT2D eigenvalue weighted by molar-refractivity contribution is -0.120. The van der Waals surface area contributed by atoms with E-state index in [2.05, 4.69) is 0 Å². The van der Waals surface area contributed by atoms with Crippen molar-refractivity contribution in [3.63, 3.8) is 0 Å². The van der Waals surface area contributed by atoms with Crippen LogP contribution in [0.2, 0.25) is 0 Å². The predicted molar refractivity (Wildman–Crippen MR) is 52.1 cm³/mol. The zero-order valence-corrected chi connectivity index (χ0v) is 8.36. The lowest BCUT2D eigenvalue weighted by Gasteiger charge is -2.23.